The van der Waals surface area contributed by atoms with Crippen LogP contribution in [0.5, 0.6) is 0 Å². The molecule has 6 heteroatoms. The van der Waals surface area contributed by atoms with Gasteiger partial charge in [-0.25, -0.2) is 0 Å². The van der Waals surface area contributed by atoms with Crippen molar-refractivity contribution in [2.24, 2.45) is 0 Å². The fourth-order valence-electron chi connectivity index (χ4n) is 5.94. The van der Waals surface area contributed by atoms with Crippen LogP contribution < -0.4 is 0 Å². The van der Waals surface area contributed by atoms with Crippen LogP contribution in [0.3, 0.4) is 0 Å². The summed E-state index contributed by atoms with van der Waals surface area (Å²) in [6.45, 7) is 6.29. The number of rotatable bonds is 40. The summed E-state index contributed by atoms with van der Waals surface area (Å²) >= 11 is 0. The van der Waals surface area contributed by atoms with E-state index in [9.17, 15) is 14.4 Å². The van der Waals surface area contributed by atoms with Crippen LogP contribution in [0.15, 0.2) is 85.1 Å². The zero-order valence-corrected chi connectivity index (χ0v) is 36.8. The van der Waals surface area contributed by atoms with Gasteiger partial charge in [0.1, 0.15) is 13.2 Å². The van der Waals surface area contributed by atoms with Gasteiger partial charge in [0, 0.05) is 19.3 Å². The van der Waals surface area contributed by atoms with Crippen LogP contribution in [0.1, 0.15) is 201 Å². The average molecular weight is 793 g/mol. The Kier molecular flexibility index (Phi) is 42.6. The van der Waals surface area contributed by atoms with Crippen LogP contribution in [0.4, 0.5) is 0 Å². The zero-order chi connectivity index (χ0) is 41.5. The minimum absolute atomic E-state index is 0.113. The summed E-state index contributed by atoms with van der Waals surface area (Å²) in [7, 11) is 0. The van der Waals surface area contributed by atoms with Crippen molar-refractivity contribution in [1.82, 2.24) is 0 Å². The summed E-state index contributed by atoms with van der Waals surface area (Å²) in [5.74, 6) is -1.03. The Morgan fingerprint density at radius 1 is 0.368 bits per heavy atom. The van der Waals surface area contributed by atoms with Gasteiger partial charge in [0.15, 0.2) is 6.10 Å². The summed E-state index contributed by atoms with van der Waals surface area (Å²) in [6.07, 6.45) is 57.3. The first-order valence-corrected chi connectivity index (χ1v) is 23.1. The van der Waals surface area contributed by atoms with Crippen molar-refractivity contribution in [3.8, 4) is 0 Å². The van der Waals surface area contributed by atoms with Gasteiger partial charge < -0.3 is 14.2 Å². The van der Waals surface area contributed by atoms with Crippen molar-refractivity contribution in [3.05, 3.63) is 85.1 Å². The molecule has 0 aliphatic carbocycles. The fourth-order valence-corrected chi connectivity index (χ4v) is 5.94. The molecule has 6 nitrogen and oxygen atoms in total. The van der Waals surface area contributed by atoms with Crippen molar-refractivity contribution in [2.75, 3.05) is 13.2 Å². The summed E-state index contributed by atoms with van der Waals surface area (Å²) < 4.78 is 16.6. The molecule has 324 valence electrons. The van der Waals surface area contributed by atoms with Crippen LogP contribution in [-0.2, 0) is 28.6 Å². The smallest absolute Gasteiger partial charge is 0.306 e. The highest BCUT2D eigenvalue weighted by molar-refractivity contribution is 5.71. The van der Waals surface area contributed by atoms with Crippen LogP contribution in [0.25, 0.3) is 0 Å². The second-order valence-electron chi connectivity index (χ2n) is 14.9. The summed E-state index contributed by atoms with van der Waals surface area (Å²) in [5, 5.41) is 0. The SMILES string of the molecule is CC/C=C\C/C=C\C/C=C\CCCCC(=O)OC(COC(=O)CCC/C=C\C/C=C\C/C=C\CC)COC(=O)CCCCCCC/C=C\CCCCCCCCC. The van der Waals surface area contributed by atoms with Gasteiger partial charge in [-0.1, -0.05) is 164 Å². The first-order valence-electron chi connectivity index (χ1n) is 23.1. The highest BCUT2D eigenvalue weighted by Crippen LogP contribution is 2.12. The summed E-state index contributed by atoms with van der Waals surface area (Å²) in [4.78, 5) is 37.7. The molecule has 0 N–H and O–H groups in total. The predicted octanol–water partition coefficient (Wildman–Crippen LogP) is 14.9. The van der Waals surface area contributed by atoms with E-state index in [0.717, 1.165) is 89.9 Å². The van der Waals surface area contributed by atoms with E-state index in [1.807, 2.05) is 0 Å². The minimum atomic E-state index is -0.818. The molecule has 57 heavy (non-hydrogen) atoms. The van der Waals surface area contributed by atoms with Gasteiger partial charge >= 0.3 is 17.9 Å². The Morgan fingerprint density at radius 2 is 0.702 bits per heavy atom. The zero-order valence-electron chi connectivity index (χ0n) is 36.8. The molecule has 0 rings (SSSR count). The van der Waals surface area contributed by atoms with Gasteiger partial charge in [-0.3, -0.25) is 14.4 Å². The lowest BCUT2D eigenvalue weighted by Crippen LogP contribution is -2.30. The largest absolute Gasteiger partial charge is 0.462 e. The number of carbonyl (C=O) groups excluding carboxylic acids is 3. The lowest BCUT2D eigenvalue weighted by molar-refractivity contribution is -0.167. The first-order chi connectivity index (χ1) is 28.0. The van der Waals surface area contributed by atoms with Gasteiger partial charge in [-0.15, -0.1) is 0 Å². The Hall–Kier alpha value is -3.41. The van der Waals surface area contributed by atoms with Gasteiger partial charge in [0.25, 0.3) is 0 Å². The van der Waals surface area contributed by atoms with Gasteiger partial charge in [-0.2, -0.15) is 0 Å². The Morgan fingerprint density at radius 3 is 1.19 bits per heavy atom. The van der Waals surface area contributed by atoms with E-state index >= 15 is 0 Å². The molecule has 1 unspecified atom stereocenters. The third kappa shape index (κ3) is 43.6. The van der Waals surface area contributed by atoms with E-state index in [1.54, 1.807) is 0 Å². The highest BCUT2D eigenvalue weighted by Gasteiger charge is 2.19. The maximum Gasteiger partial charge on any atom is 0.306 e. The molecule has 0 saturated carbocycles. The van der Waals surface area contributed by atoms with Crippen molar-refractivity contribution < 1.29 is 28.6 Å². The first kappa shape index (κ1) is 53.6. The van der Waals surface area contributed by atoms with Gasteiger partial charge in [-0.05, 0) is 103 Å². The van der Waals surface area contributed by atoms with E-state index in [2.05, 4.69) is 106 Å². The molecule has 1 atom stereocenters. The maximum atomic E-state index is 12.7. The topological polar surface area (TPSA) is 78.9 Å². The Labute approximate surface area is 350 Å². The number of esters is 3. The molecule has 0 aromatic carbocycles. The summed E-state index contributed by atoms with van der Waals surface area (Å²) in [6, 6.07) is 0. The molecule has 0 fully saturated rings. The molecule has 0 aromatic rings. The molecule has 0 amide bonds. The molecular weight excluding hydrogens is 709 g/mol. The molecule has 0 aliphatic heterocycles. The molecule has 0 spiro atoms. The number of carbonyl (C=O) groups is 3. The standard InChI is InChI=1S/C51H84O6/c1-4-7-10-13-16-19-22-24-25-26-27-30-32-35-38-41-44-50(53)56-47-48(46-55-49(52)43-40-37-34-31-28-21-18-15-12-9-6-3)57-51(54)45-42-39-36-33-29-23-20-17-14-11-8-5-2/h8-9,11-12,17-18,20-21,25-26,29,31,33-34,48H,4-7,10,13-16,19,22-24,27-28,30,32,35-47H2,1-3H3/b11-8-,12-9-,20-17-,21-18-,26-25-,33-29-,34-31-. The number of unbranched alkanes of at least 4 members (excludes halogenated alkanes) is 15. The van der Waals surface area contributed by atoms with Crippen LogP contribution in [-0.4, -0.2) is 37.2 Å². The third-order valence-corrected chi connectivity index (χ3v) is 9.36. The van der Waals surface area contributed by atoms with Crippen molar-refractivity contribution in [3.63, 3.8) is 0 Å². The lowest BCUT2D eigenvalue weighted by atomic mass is 10.1. The van der Waals surface area contributed by atoms with Crippen LogP contribution >= 0.6 is 0 Å². The molecule has 0 radical (unpaired) electrons. The normalized spacial score (nSPS) is 12.8. The number of ether oxygens (including phenoxy) is 3. The number of allylic oxidation sites excluding steroid dienone is 14. The molecule has 0 aliphatic rings. The lowest BCUT2D eigenvalue weighted by Gasteiger charge is -2.18. The number of hydrogen-bond donors (Lipinski definition) is 0. The highest BCUT2D eigenvalue weighted by atomic mass is 16.6. The second-order valence-corrected chi connectivity index (χ2v) is 14.9. The second kappa shape index (κ2) is 45.3. The monoisotopic (exact) mass is 793 g/mol. The Balaban J connectivity index is 4.48. The Bertz CT molecular complexity index is 1140. The molecule has 0 aromatic heterocycles. The van der Waals surface area contributed by atoms with Crippen LogP contribution in [0.2, 0.25) is 0 Å². The van der Waals surface area contributed by atoms with E-state index in [1.165, 1.54) is 57.8 Å². The van der Waals surface area contributed by atoms with E-state index in [-0.39, 0.29) is 44.0 Å². The minimum Gasteiger partial charge on any atom is -0.462 e. The molecular formula is C51H84O6. The van der Waals surface area contributed by atoms with Crippen molar-refractivity contribution >= 4 is 17.9 Å². The van der Waals surface area contributed by atoms with Gasteiger partial charge in [0.2, 0.25) is 0 Å². The predicted molar refractivity (Wildman–Crippen MR) is 242 cm³/mol. The van der Waals surface area contributed by atoms with E-state index in [0.29, 0.717) is 19.3 Å². The quantitative estimate of drug-likeness (QED) is 0.0266. The van der Waals surface area contributed by atoms with Crippen molar-refractivity contribution in [2.45, 2.75) is 207 Å². The third-order valence-electron chi connectivity index (χ3n) is 9.36. The molecule has 0 heterocycles. The van der Waals surface area contributed by atoms with Crippen LogP contribution in [0, 0.1) is 0 Å². The van der Waals surface area contributed by atoms with Gasteiger partial charge in [0.05, 0.1) is 0 Å². The number of hydrogen-bond acceptors (Lipinski definition) is 6. The van der Waals surface area contributed by atoms with E-state index in [4.69, 9.17) is 14.2 Å². The average Bonchev–Trinajstić information content (AvgIpc) is 3.21. The van der Waals surface area contributed by atoms with E-state index < -0.39 is 6.10 Å². The maximum absolute atomic E-state index is 12.7. The fraction of sp³-hybridized carbons (Fsp3) is 0.667. The molecule has 0 bridgehead atoms. The summed E-state index contributed by atoms with van der Waals surface area (Å²) in [5.41, 5.74) is 0. The van der Waals surface area contributed by atoms with Crippen molar-refractivity contribution in [1.29, 1.82) is 0 Å². The molecule has 0 saturated heterocycles.